The lowest BCUT2D eigenvalue weighted by atomic mass is 10.2. The fourth-order valence-corrected chi connectivity index (χ4v) is 4.77. The minimum Gasteiger partial charge on any atom is -0.370 e. The number of carbonyl (C=O) groups is 1. The molecule has 12 heteroatoms. The van der Waals surface area contributed by atoms with Crippen LogP contribution in [-0.4, -0.2) is 24.9 Å². The number of pyridine rings is 1. The fraction of sp³-hybridized carbons (Fsp3) is 0.174. The zero-order valence-corrected chi connectivity index (χ0v) is 21.8. The number of carbonyl (C=O) groups excluding carboxylic acids is 1. The number of halogens is 1. The molecule has 10 nitrogen and oxygen atoms in total. The third-order valence-electron chi connectivity index (χ3n) is 5.01. The van der Waals surface area contributed by atoms with Gasteiger partial charge in [0.25, 0.3) is 5.56 Å². The maximum atomic E-state index is 12.9. The summed E-state index contributed by atoms with van der Waals surface area (Å²) in [6, 6.07) is 16.0. The standard InChI is InChI=1S/C23H25IN6O4S/c1-15(21(31)27-13-16-6-10-19(11-7-16)28-23(25)26)30-12-2-3-20(22(30)32)29-35(33,34)14-17-4-8-18(24)9-5-17/h2-12,15,29H,13-14H2,1H3,(H,27,31)(H4,25,26,28)/t15-/m0/s1. The molecule has 184 valence electrons. The van der Waals surface area contributed by atoms with E-state index in [-0.39, 0.29) is 23.9 Å². The number of hydrogen-bond donors (Lipinski definition) is 5. The van der Waals surface area contributed by atoms with Crippen LogP contribution < -0.4 is 26.6 Å². The lowest BCUT2D eigenvalue weighted by Gasteiger charge is -2.17. The van der Waals surface area contributed by atoms with Gasteiger partial charge in [0.15, 0.2) is 5.96 Å². The van der Waals surface area contributed by atoms with Crippen molar-refractivity contribution in [3.63, 3.8) is 0 Å². The zero-order chi connectivity index (χ0) is 25.6. The normalized spacial score (nSPS) is 11.9. The number of nitrogens with one attached hydrogen (secondary N) is 4. The Labute approximate surface area is 216 Å². The highest BCUT2D eigenvalue weighted by molar-refractivity contribution is 14.1. The Morgan fingerprint density at radius 3 is 2.34 bits per heavy atom. The molecule has 1 heterocycles. The predicted octanol–water partition coefficient (Wildman–Crippen LogP) is 2.58. The summed E-state index contributed by atoms with van der Waals surface area (Å²) in [4.78, 5) is 25.6. The number of nitrogens with two attached hydrogens (primary N) is 1. The van der Waals surface area contributed by atoms with Crippen LogP contribution in [0.15, 0.2) is 71.7 Å². The zero-order valence-electron chi connectivity index (χ0n) is 18.8. The largest absolute Gasteiger partial charge is 0.370 e. The summed E-state index contributed by atoms with van der Waals surface area (Å²) in [6.07, 6.45) is 1.44. The first-order valence-corrected chi connectivity index (χ1v) is 13.2. The van der Waals surface area contributed by atoms with E-state index in [1.54, 1.807) is 55.5 Å². The number of aromatic nitrogens is 1. The van der Waals surface area contributed by atoms with Gasteiger partial charge in [0.05, 0.1) is 5.75 Å². The number of sulfonamides is 1. The van der Waals surface area contributed by atoms with Crippen LogP contribution in [0.4, 0.5) is 11.4 Å². The van der Waals surface area contributed by atoms with Crippen molar-refractivity contribution >= 4 is 55.9 Å². The van der Waals surface area contributed by atoms with Gasteiger partial charge >= 0.3 is 0 Å². The van der Waals surface area contributed by atoms with Crippen molar-refractivity contribution in [2.45, 2.75) is 25.3 Å². The summed E-state index contributed by atoms with van der Waals surface area (Å²) in [5.74, 6) is -0.865. The van der Waals surface area contributed by atoms with E-state index in [2.05, 4.69) is 37.9 Å². The number of guanidine groups is 1. The average molecular weight is 608 g/mol. The lowest BCUT2D eigenvalue weighted by molar-refractivity contribution is -0.124. The Balaban J connectivity index is 1.66. The van der Waals surface area contributed by atoms with Crippen molar-refractivity contribution in [1.82, 2.24) is 9.88 Å². The van der Waals surface area contributed by atoms with Crippen LogP contribution in [0.5, 0.6) is 0 Å². The molecule has 35 heavy (non-hydrogen) atoms. The number of hydrogen-bond acceptors (Lipinski definition) is 5. The second-order valence-electron chi connectivity index (χ2n) is 7.75. The van der Waals surface area contributed by atoms with E-state index in [0.717, 1.165) is 9.13 Å². The van der Waals surface area contributed by atoms with Gasteiger partial charge in [0, 0.05) is 22.0 Å². The Kier molecular flexibility index (Phi) is 8.51. The molecule has 6 N–H and O–H groups in total. The maximum absolute atomic E-state index is 12.9. The summed E-state index contributed by atoms with van der Waals surface area (Å²) < 4.78 is 29.7. The highest BCUT2D eigenvalue weighted by Gasteiger charge is 2.19. The summed E-state index contributed by atoms with van der Waals surface area (Å²) in [6.45, 7) is 1.78. The average Bonchev–Trinajstić information content (AvgIpc) is 2.80. The lowest BCUT2D eigenvalue weighted by Crippen LogP contribution is -2.36. The first-order valence-electron chi connectivity index (χ1n) is 10.5. The number of amides is 1. The molecule has 0 aliphatic carbocycles. The number of anilines is 2. The quantitative estimate of drug-likeness (QED) is 0.143. The number of rotatable bonds is 9. The van der Waals surface area contributed by atoms with Gasteiger partial charge in [-0.2, -0.15) is 0 Å². The number of nitrogens with zero attached hydrogens (tertiary/aromatic N) is 1. The van der Waals surface area contributed by atoms with E-state index in [1.807, 2.05) is 0 Å². The van der Waals surface area contributed by atoms with E-state index in [1.165, 1.54) is 22.9 Å². The second-order valence-corrected chi connectivity index (χ2v) is 10.7. The van der Waals surface area contributed by atoms with Crippen LogP contribution in [-0.2, 0) is 27.1 Å². The van der Waals surface area contributed by atoms with E-state index in [9.17, 15) is 18.0 Å². The summed E-state index contributed by atoms with van der Waals surface area (Å²) in [7, 11) is -3.84. The van der Waals surface area contributed by atoms with Crippen LogP contribution >= 0.6 is 22.6 Å². The van der Waals surface area contributed by atoms with Crippen molar-refractivity contribution < 1.29 is 13.2 Å². The Morgan fingerprint density at radius 1 is 1.09 bits per heavy atom. The van der Waals surface area contributed by atoms with Crippen molar-refractivity contribution in [2.24, 2.45) is 5.73 Å². The molecule has 0 saturated heterocycles. The summed E-state index contributed by atoms with van der Waals surface area (Å²) >= 11 is 2.13. The molecular formula is C23H25IN6O4S. The molecule has 1 atom stereocenters. The van der Waals surface area contributed by atoms with Gasteiger partial charge in [0.1, 0.15) is 11.7 Å². The SMILES string of the molecule is C[C@@H](C(=O)NCc1ccc(NC(=N)N)cc1)n1cccc(NS(=O)(=O)Cc2ccc(I)cc2)c1=O. The Morgan fingerprint density at radius 2 is 1.71 bits per heavy atom. The van der Waals surface area contributed by atoms with E-state index in [0.29, 0.717) is 11.3 Å². The maximum Gasteiger partial charge on any atom is 0.275 e. The Bertz CT molecular complexity index is 1370. The van der Waals surface area contributed by atoms with Gasteiger partial charge in [-0.25, -0.2) is 8.42 Å². The molecule has 2 aromatic carbocycles. The minimum absolute atomic E-state index is 0.133. The molecule has 0 aliphatic rings. The van der Waals surface area contributed by atoms with E-state index in [4.69, 9.17) is 11.1 Å². The van der Waals surface area contributed by atoms with E-state index >= 15 is 0 Å². The number of benzene rings is 2. The fourth-order valence-electron chi connectivity index (χ4n) is 3.22. The van der Waals surface area contributed by atoms with Crippen LogP contribution in [0, 0.1) is 8.98 Å². The minimum atomic E-state index is -3.84. The molecule has 0 spiro atoms. The Hall–Kier alpha value is -3.39. The molecule has 1 amide bonds. The summed E-state index contributed by atoms with van der Waals surface area (Å²) in [5.41, 5.74) is 6.58. The second kappa shape index (κ2) is 11.4. The smallest absolute Gasteiger partial charge is 0.275 e. The first kappa shape index (κ1) is 26.2. The highest BCUT2D eigenvalue weighted by Crippen LogP contribution is 2.14. The van der Waals surface area contributed by atoms with Gasteiger partial charge < -0.3 is 20.9 Å². The van der Waals surface area contributed by atoms with Crippen molar-refractivity contribution in [3.8, 4) is 0 Å². The van der Waals surface area contributed by atoms with Crippen molar-refractivity contribution in [2.75, 3.05) is 10.0 Å². The molecule has 0 unspecified atom stereocenters. The molecule has 3 rings (SSSR count). The van der Waals surface area contributed by atoms with Crippen molar-refractivity contribution in [1.29, 1.82) is 5.41 Å². The van der Waals surface area contributed by atoms with Crippen LogP contribution in [0.3, 0.4) is 0 Å². The molecular weight excluding hydrogens is 583 g/mol. The molecule has 0 bridgehead atoms. The molecule has 0 radical (unpaired) electrons. The highest BCUT2D eigenvalue weighted by atomic mass is 127. The summed E-state index contributed by atoms with van der Waals surface area (Å²) in [5, 5.41) is 12.7. The van der Waals surface area contributed by atoms with E-state index < -0.39 is 27.5 Å². The topological polar surface area (TPSA) is 159 Å². The molecule has 0 aliphatic heterocycles. The third-order valence-corrected chi connectivity index (χ3v) is 6.97. The third kappa shape index (κ3) is 7.55. The van der Waals surface area contributed by atoms with Crippen LogP contribution in [0.1, 0.15) is 24.1 Å². The molecule has 1 aromatic heterocycles. The molecule has 0 fully saturated rings. The van der Waals surface area contributed by atoms with Gasteiger partial charge in [-0.15, -0.1) is 0 Å². The monoisotopic (exact) mass is 608 g/mol. The van der Waals surface area contributed by atoms with Crippen LogP contribution in [0.25, 0.3) is 0 Å². The van der Waals surface area contributed by atoms with Gasteiger partial charge in [-0.05, 0) is 77.0 Å². The van der Waals surface area contributed by atoms with Gasteiger partial charge in [-0.3, -0.25) is 19.7 Å². The first-order chi connectivity index (χ1) is 16.5. The molecule has 3 aromatic rings. The van der Waals surface area contributed by atoms with Gasteiger partial charge in [0.2, 0.25) is 15.9 Å². The molecule has 0 saturated carbocycles. The van der Waals surface area contributed by atoms with Crippen LogP contribution in [0.2, 0.25) is 0 Å². The van der Waals surface area contributed by atoms with Crippen molar-refractivity contribution in [3.05, 3.63) is 91.9 Å². The van der Waals surface area contributed by atoms with Gasteiger partial charge in [-0.1, -0.05) is 24.3 Å². The predicted molar refractivity (Wildman–Crippen MR) is 145 cm³/mol.